The van der Waals surface area contributed by atoms with Crippen LogP contribution in [0.1, 0.15) is 12.8 Å². The van der Waals surface area contributed by atoms with Crippen molar-refractivity contribution in [1.29, 1.82) is 0 Å². The second kappa shape index (κ2) is 9.27. The van der Waals surface area contributed by atoms with E-state index < -0.39 is 30.8 Å². The van der Waals surface area contributed by atoms with Gasteiger partial charge in [0.1, 0.15) is 6.61 Å². The number of carbonyl (C=O) groups excluding carboxylic acids is 3. The number of nitrogens with one attached hydrogen (secondary N) is 1. The fourth-order valence-electron chi connectivity index (χ4n) is 3.30. The molecule has 1 aliphatic carbocycles. The Labute approximate surface area is 167 Å². The van der Waals surface area contributed by atoms with Crippen LogP contribution in [-0.4, -0.2) is 67.9 Å². The van der Waals surface area contributed by atoms with Gasteiger partial charge < -0.3 is 20.7 Å². The molecule has 1 aromatic carbocycles. The van der Waals surface area contributed by atoms with E-state index in [4.69, 9.17) is 10.5 Å². The first kappa shape index (κ1) is 21.1. The van der Waals surface area contributed by atoms with Crippen molar-refractivity contribution in [3.05, 3.63) is 24.3 Å². The van der Waals surface area contributed by atoms with Crippen LogP contribution in [0, 0.1) is 5.92 Å². The van der Waals surface area contributed by atoms with E-state index >= 15 is 0 Å². The lowest BCUT2D eigenvalue weighted by Crippen LogP contribution is -2.54. The first-order valence-electron chi connectivity index (χ1n) is 9.45. The summed E-state index contributed by atoms with van der Waals surface area (Å²) in [7, 11) is 0. The lowest BCUT2D eigenvalue weighted by atomic mass is 10.1. The van der Waals surface area contributed by atoms with Gasteiger partial charge in [-0.25, -0.2) is 8.78 Å². The summed E-state index contributed by atoms with van der Waals surface area (Å²) in [5.74, 6) is -1.69. The number of hydrogen-bond acceptors (Lipinski definition) is 5. The van der Waals surface area contributed by atoms with Crippen LogP contribution < -0.4 is 16.0 Å². The number of alkyl halides is 2. The number of anilines is 2. The van der Waals surface area contributed by atoms with Gasteiger partial charge in [0.05, 0.1) is 13.2 Å². The Morgan fingerprint density at radius 3 is 2.52 bits per heavy atom. The maximum absolute atomic E-state index is 13.0. The molecule has 1 saturated carbocycles. The van der Waals surface area contributed by atoms with Gasteiger partial charge in [0.15, 0.2) is 6.04 Å². The monoisotopic (exact) mass is 410 g/mol. The Bertz CT molecular complexity index is 751. The van der Waals surface area contributed by atoms with Crippen molar-refractivity contribution >= 4 is 29.1 Å². The van der Waals surface area contributed by atoms with Gasteiger partial charge in [-0.1, -0.05) is 0 Å². The second-order valence-corrected chi connectivity index (χ2v) is 7.23. The quantitative estimate of drug-likeness (QED) is 0.587. The number of carbonyl (C=O) groups is 3. The highest BCUT2D eigenvalue weighted by Gasteiger charge is 2.36. The number of nitrogens with zero attached hydrogens (tertiary/aromatic N) is 2. The fraction of sp³-hybridized carbons (Fsp3) is 0.526. The molecule has 3 rings (SSSR count). The molecule has 2 aliphatic rings. The van der Waals surface area contributed by atoms with Crippen LogP contribution >= 0.6 is 0 Å². The molecule has 0 bridgehead atoms. The Balaban J connectivity index is 1.68. The lowest BCUT2D eigenvalue weighted by Gasteiger charge is -2.28. The molecule has 29 heavy (non-hydrogen) atoms. The van der Waals surface area contributed by atoms with E-state index in [1.54, 1.807) is 29.2 Å². The molecule has 8 nitrogen and oxygen atoms in total. The van der Waals surface area contributed by atoms with Crippen LogP contribution in [-0.2, 0) is 19.1 Å². The highest BCUT2D eigenvalue weighted by atomic mass is 19.3. The third-order valence-corrected chi connectivity index (χ3v) is 4.88. The van der Waals surface area contributed by atoms with Crippen molar-refractivity contribution < 1.29 is 27.9 Å². The number of amides is 3. The zero-order valence-electron chi connectivity index (χ0n) is 15.9. The van der Waals surface area contributed by atoms with Crippen LogP contribution in [0.25, 0.3) is 0 Å². The summed E-state index contributed by atoms with van der Waals surface area (Å²) in [6.45, 7) is 0.405. The van der Waals surface area contributed by atoms with Gasteiger partial charge in [-0.3, -0.25) is 19.3 Å². The average molecular weight is 410 g/mol. The van der Waals surface area contributed by atoms with Crippen LogP contribution in [0.5, 0.6) is 0 Å². The third kappa shape index (κ3) is 5.70. The average Bonchev–Trinajstić information content (AvgIpc) is 3.46. The topological polar surface area (TPSA) is 105 Å². The molecule has 0 spiro atoms. The Morgan fingerprint density at radius 1 is 1.28 bits per heavy atom. The van der Waals surface area contributed by atoms with Crippen molar-refractivity contribution in [2.24, 2.45) is 11.7 Å². The molecule has 1 saturated heterocycles. The smallest absolute Gasteiger partial charge is 0.253 e. The van der Waals surface area contributed by atoms with Crippen LogP contribution in [0.4, 0.5) is 20.2 Å². The van der Waals surface area contributed by atoms with Crippen LogP contribution in [0.2, 0.25) is 0 Å². The van der Waals surface area contributed by atoms with Crippen LogP contribution in [0.3, 0.4) is 0 Å². The van der Waals surface area contributed by atoms with Crippen molar-refractivity contribution in [1.82, 2.24) is 4.90 Å². The summed E-state index contributed by atoms with van der Waals surface area (Å²) >= 11 is 0. The normalized spacial score (nSPS) is 18.2. The van der Waals surface area contributed by atoms with E-state index in [0.717, 1.165) is 17.7 Å². The molecule has 1 aliphatic heterocycles. The minimum Gasteiger partial charge on any atom is -0.370 e. The minimum atomic E-state index is -2.69. The number of primary amides is 1. The first-order chi connectivity index (χ1) is 13.8. The molecule has 2 fully saturated rings. The molecule has 1 atom stereocenters. The number of morpholine rings is 1. The maximum Gasteiger partial charge on any atom is 0.253 e. The second-order valence-electron chi connectivity index (χ2n) is 7.23. The van der Waals surface area contributed by atoms with E-state index in [1.807, 2.05) is 0 Å². The molecular formula is C19H24F2N4O4. The van der Waals surface area contributed by atoms with Gasteiger partial charge >= 0.3 is 0 Å². The van der Waals surface area contributed by atoms with E-state index in [9.17, 15) is 23.2 Å². The molecule has 0 unspecified atom stereocenters. The minimum absolute atomic E-state index is 0.0136. The third-order valence-electron chi connectivity index (χ3n) is 4.88. The number of rotatable bonds is 9. The van der Waals surface area contributed by atoms with Gasteiger partial charge in [-0.05, 0) is 43.0 Å². The Kier molecular flexibility index (Phi) is 6.75. The van der Waals surface area contributed by atoms with Crippen LogP contribution in [0.15, 0.2) is 24.3 Å². The number of halogens is 2. The number of hydrogen-bond donors (Lipinski definition) is 2. The Hall–Kier alpha value is -2.59. The van der Waals surface area contributed by atoms with Crippen molar-refractivity contribution in [3.8, 4) is 0 Å². The van der Waals surface area contributed by atoms with Gasteiger partial charge in [-0.2, -0.15) is 0 Å². The highest BCUT2D eigenvalue weighted by molar-refractivity contribution is 6.09. The number of benzene rings is 1. The van der Waals surface area contributed by atoms with Crippen molar-refractivity contribution in [2.45, 2.75) is 25.3 Å². The zero-order valence-corrected chi connectivity index (χ0v) is 15.9. The standard InChI is InChI=1S/C19H24F2N4O4/c20-15(21)10-24(9-12-1-2-12)17(18(22)27)19(28)23-13-3-5-14(6-4-13)25-7-8-29-11-16(25)26/h3-6,12,15,17H,1-2,7-11H2,(H2,22,27)(H,23,28)/t17-/m1/s1. The van der Waals surface area contributed by atoms with E-state index in [0.29, 0.717) is 24.5 Å². The molecule has 0 radical (unpaired) electrons. The zero-order chi connectivity index (χ0) is 21.0. The van der Waals surface area contributed by atoms with Gasteiger partial charge in [0.2, 0.25) is 5.91 Å². The predicted octanol–water partition coefficient (Wildman–Crippen LogP) is 0.819. The SMILES string of the molecule is NC(=O)[C@H](C(=O)Nc1ccc(N2CCOCC2=O)cc1)N(CC(F)F)CC1CC1. The molecule has 158 valence electrons. The molecule has 1 heterocycles. The molecule has 1 aromatic rings. The summed E-state index contributed by atoms with van der Waals surface area (Å²) in [6, 6.07) is 4.97. The van der Waals surface area contributed by atoms with E-state index in [-0.39, 0.29) is 25.0 Å². The molecule has 10 heteroatoms. The highest BCUT2D eigenvalue weighted by Crippen LogP contribution is 2.30. The molecular weight excluding hydrogens is 386 g/mol. The van der Waals surface area contributed by atoms with Crippen molar-refractivity contribution in [3.63, 3.8) is 0 Å². The first-order valence-corrected chi connectivity index (χ1v) is 9.45. The summed E-state index contributed by atoms with van der Waals surface area (Å²) in [5, 5.41) is 2.56. The number of nitrogens with two attached hydrogens (primary N) is 1. The molecule has 3 amide bonds. The summed E-state index contributed by atoms with van der Waals surface area (Å²) in [4.78, 5) is 39.1. The van der Waals surface area contributed by atoms with Gasteiger partial charge in [0.25, 0.3) is 18.2 Å². The fourth-order valence-corrected chi connectivity index (χ4v) is 3.30. The molecule has 3 N–H and O–H groups in total. The molecule has 0 aromatic heterocycles. The van der Waals surface area contributed by atoms with E-state index in [1.165, 1.54) is 0 Å². The van der Waals surface area contributed by atoms with Crippen molar-refractivity contribution in [2.75, 3.05) is 43.1 Å². The summed E-state index contributed by atoms with van der Waals surface area (Å²) < 4.78 is 31.0. The van der Waals surface area contributed by atoms with Gasteiger partial charge in [0, 0.05) is 24.5 Å². The largest absolute Gasteiger partial charge is 0.370 e. The predicted molar refractivity (Wildman–Crippen MR) is 102 cm³/mol. The Morgan fingerprint density at radius 2 is 1.97 bits per heavy atom. The lowest BCUT2D eigenvalue weighted by molar-refractivity contribution is -0.133. The van der Waals surface area contributed by atoms with E-state index in [2.05, 4.69) is 5.32 Å². The summed E-state index contributed by atoms with van der Waals surface area (Å²) in [5.41, 5.74) is 6.38. The van der Waals surface area contributed by atoms with Gasteiger partial charge in [-0.15, -0.1) is 0 Å². The maximum atomic E-state index is 13.0. The number of ether oxygens (including phenoxy) is 1. The summed E-state index contributed by atoms with van der Waals surface area (Å²) in [6.07, 6.45) is -0.919.